The second-order valence-corrected chi connectivity index (χ2v) is 8.56. The van der Waals surface area contributed by atoms with E-state index in [1.54, 1.807) is 19.9 Å². The minimum atomic E-state index is -1.98. The van der Waals surface area contributed by atoms with Crippen molar-refractivity contribution in [3.63, 3.8) is 0 Å². The summed E-state index contributed by atoms with van der Waals surface area (Å²) in [5.41, 5.74) is 9.12. The van der Waals surface area contributed by atoms with Gasteiger partial charge in [-0.15, -0.1) is 0 Å². The van der Waals surface area contributed by atoms with Gasteiger partial charge in [-0.25, -0.2) is 4.39 Å². The molecule has 1 amide bonds. The van der Waals surface area contributed by atoms with Gasteiger partial charge in [0.1, 0.15) is 6.61 Å². The third-order valence-electron chi connectivity index (χ3n) is 6.19. The van der Waals surface area contributed by atoms with E-state index in [1.807, 2.05) is 6.92 Å². The van der Waals surface area contributed by atoms with E-state index in [0.29, 0.717) is 6.42 Å². The summed E-state index contributed by atoms with van der Waals surface area (Å²) < 4.78 is 32.5. The van der Waals surface area contributed by atoms with Crippen molar-refractivity contribution in [1.29, 1.82) is 0 Å². The van der Waals surface area contributed by atoms with Gasteiger partial charge in [0.15, 0.2) is 24.1 Å². The number of allylic oxidation sites excluding steroid dienone is 2. The van der Waals surface area contributed by atoms with Crippen molar-refractivity contribution in [3.05, 3.63) is 33.9 Å². The lowest BCUT2D eigenvalue weighted by atomic mass is 9.96. The van der Waals surface area contributed by atoms with E-state index in [2.05, 4.69) is 16.9 Å². The van der Waals surface area contributed by atoms with Crippen LogP contribution >= 0.6 is 0 Å². The Kier molecular flexibility index (Phi) is 10.7. The first-order valence-electron chi connectivity index (χ1n) is 12.1. The summed E-state index contributed by atoms with van der Waals surface area (Å²) in [6.07, 6.45) is 1.84. The maximum absolute atomic E-state index is 15.9. The number of halogens is 1. The molecule has 35 heavy (non-hydrogen) atoms. The molecular weight excluding hydrogens is 459 g/mol. The van der Waals surface area contributed by atoms with Crippen LogP contribution in [0.3, 0.4) is 0 Å². The fourth-order valence-electron chi connectivity index (χ4n) is 4.13. The molecule has 0 unspecified atom stereocenters. The molecule has 0 radical (unpaired) electrons. The second-order valence-electron chi connectivity index (χ2n) is 8.56. The monoisotopic (exact) mass is 494 g/mol. The van der Waals surface area contributed by atoms with Gasteiger partial charge in [0.2, 0.25) is 5.91 Å². The summed E-state index contributed by atoms with van der Waals surface area (Å²) in [6.45, 7) is 6.20. The third kappa shape index (κ3) is 6.82. The average molecular weight is 495 g/mol. The van der Waals surface area contributed by atoms with Crippen LogP contribution in [0, 0.1) is 0 Å². The summed E-state index contributed by atoms with van der Waals surface area (Å²) in [5.74, 6) is -1.66. The predicted molar refractivity (Wildman–Crippen MR) is 125 cm³/mol. The van der Waals surface area contributed by atoms with Crippen molar-refractivity contribution in [1.82, 2.24) is 4.90 Å². The highest BCUT2D eigenvalue weighted by molar-refractivity contribution is 5.81. The lowest BCUT2D eigenvalue weighted by Gasteiger charge is -2.32. The fourth-order valence-corrected chi connectivity index (χ4v) is 4.13. The molecule has 10 nitrogen and oxygen atoms in total. The molecule has 2 aliphatic rings. The maximum Gasteiger partial charge on any atom is 0.305 e. The number of nitrogens with zero attached hydrogens (tertiary/aromatic N) is 4. The number of rotatable bonds is 12. The smallest absolute Gasteiger partial charge is 0.305 e. The van der Waals surface area contributed by atoms with Gasteiger partial charge in [-0.3, -0.25) is 19.3 Å². The molecule has 2 rings (SSSR count). The van der Waals surface area contributed by atoms with E-state index < -0.39 is 49.2 Å². The lowest BCUT2D eigenvalue weighted by molar-refractivity contribution is -0.179. The Balaban J connectivity index is 2.44. The number of carbonyl (C=O) groups is 3. The zero-order chi connectivity index (χ0) is 26.0. The molecule has 4 atom stereocenters. The zero-order valence-electron chi connectivity index (χ0n) is 20.9. The van der Waals surface area contributed by atoms with Crippen molar-refractivity contribution in [2.24, 2.45) is 5.11 Å². The van der Waals surface area contributed by atoms with Gasteiger partial charge >= 0.3 is 11.9 Å². The van der Waals surface area contributed by atoms with Crippen LogP contribution in [0.15, 0.2) is 28.5 Å². The molecule has 0 saturated carbocycles. The Hall–Kier alpha value is -2.91. The number of ether oxygens (including phenoxy) is 3. The zero-order valence-corrected chi connectivity index (χ0v) is 20.9. The summed E-state index contributed by atoms with van der Waals surface area (Å²) >= 11 is 0. The van der Waals surface area contributed by atoms with Gasteiger partial charge in [-0.2, -0.15) is 0 Å². The van der Waals surface area contributed by atoms with Crippen LogP contribution in [-0.4, -0.2) is 60.0 Å². The molecule has 11 heteroatoms. The number of amides is 1. The Morgan fingerprint density at radius 1 is 1.29 bits per heavy atom. The predicted octanol–water partition coefficient (Wildman–Crippen LogP) is 4.65. The Bertz CT molecular complexity index is 900. The summed E-state index contributed by atoms with van der Waals surface area (Å²) in [6, 6.07) is 0. The topological polar surface area (TPSA) is 131 Å². The first-order chi connectivity index (χ1) is 16.8. The van der Waals surface area contributed by atoms with Crippen molar-refractivity contribution >= 4 is 17.8 Å². The van der Waals surface area contributed by atoms with Crippen LogP contribution in [0.25, 0.3) is 10.4 Å². The number of hydrogen-bond donors (Lipinski definition) is 0. The van der Waals surface area contributed by atoms with E-state index in [4.69, 9.17) is 19.7 Å². The number of unbranched alkanes of at least 4 members (excludes halogenated alkanes) is 1. The van der Waals surface area contributed by atoms with Crippen molar-refractivity contribution < 1.29 is 33.0 Å². The Labute approximate surface area is 205 Å². The summed E-state index contributed by atoms with van der Waals surface area (Å²) in [7, 11) is 0. The van der Waals surface area contributed by atoms with E-state index in [9.17, 15) is 14.4 Å². The van der Waals surface area contributed by atoms with Gasteiger partial charge in [-0.05, 0) is 36.4 Å². The third-order valence-corrected chi connectivity index (χ3v) is 6.19. The van der Waals surface area contributed by atoms with E-state index >= 15 is 4.39 Å². The van der Waals surface area contributed by atoms with Crippen LogP contribution in [0.4, 0.5) is 4.39 Å². The molecule has 0 aromatic heterocycles. The SMILES string of the molecule is CCCCC1=C(CC)CC(=O)N([C@@H]2O[C@](CN=[N+]=[N-])(COC(=O)CC)[C@@H](OC(=O)CC)[C@H]2F)C=C1. The molecule has 0 aliphatic carbocycles. The summed E-state index contributed by atoms with van der Waals surface area (Å²) in [5, 5.41) is 3.51. The van der Waals surface area contributed by atoms with E-state index in [0.717, 1.165) is 35.3 Å². The minimum absolute atomic E-state index is 0.0344. The Morgan fingerprint density at radius 3 is 2.60 bits per heavy atom. The standard InChI is InChI=1S/C24H35FN4O6/c1-5-9-10-17-11-12-29(18(30)13-16(17)6-2)23-21(25)22(34-20(32)8-4)24(35-23,14-27-28-26)15-33-19(31)7-3/h11-12,21-23H,5-10,13-15H2,1-4H3/t21-,22+,23-,24-/m1/s1. The van der Waals surface area contributed by atoms with Gasteiger partial charge in [0.25, 0.3) is 0 Å². The molecule has 0 spiro atoms. The number of alkyl halides is 1. The van der Waals surface area contributed by atoms with E-state index in [1.165, 1.54) is 6.20 Å². The highest BCUT2D eigenvalue weighted by Gasteiger charge is 2.60. The number of esters is 2. The minimum Gasteiger partial charge on any atom is -0.462 e. The van der Waals surface area contributed by atoms with Crippen LogP contribution in [-0.2, 0) is 28.6 Å². The van der Waals surface area contributed by atoms with Gasteiger partial charge in [0.05, 0.1) is 6.54 Å². The molecule has 0 aromatic rings. The molecule has 1 fully saturated rings. The number of carbonyl (C=O) groups excluding carboxylic acids is 3. The van der Waals surface area contributed by atoms with Crippen molar-refractivity contribution in [2.45, 2.75) is 96.7 Å². The molecule has 0 aromatic carbocycles. The molecule has 0 N–H and O–H groups in total. The normalized spacial score (nSPS) is 26.4. The highest BCUT2D eigenvalue weighted by atomic mass is 19.1. The van der Waals surface area contributed by atoms with Gasteiger partial charge in [-0.1, -0.05) is 44.8 Å². The second kappa shape index (κ2) is 13.3. The largest absolute Gasteiger partial charge is 0.462 e. The molecule has 2 heterocycles. The quantitative estimate of drug-likeness (QED) is 0.168. The van der Waals surface area contributed by atoms with Gasteiger partial charge in [0, 0.05) is 30.4 Å². The van der Waals surface area contributed by atoms with Crippen LogP contribution in [0.1, 0.15) is 72.6 Å². The Morgan fingerprint density at radius 2 is 2.00 bits per heavy atom. The van der Waals surface area contributed by atoms with Crippen molar-refractivity contribution in [2.75, 3.05) is 13.2 Å². The van der Waals surface area contributed by atoms with Crippen LogP contribution in [0.2, 0.25) is 0 Å². The molecular formula is C24H35FN4O6. The number of azide groups is 1. The molecule has 0 bridgehead atoms. The molecule has 2 aliphatic heterocycles. The average Bonchev–Trinajstić information content (AvgIpc) is 3.01. The van der Waals surface area contributed by atoms with Gasteiger partial charge < -0.3 is 14.2 Å². The number of hydrogen-bond acceptors (Lipinski definition) is 7. The highest BCUT2D eigenvalue weighted by Crippen LogP contribution is 2.39. The van der Waals surface area contributed by atoms with E-state index in [-0.39, 0.29) is 25.2 Å². The molecule has 1 saturated heterocycles. The fraction of sp³-hybridized carbons (Fsp3) is 0.708. The molecule has 194 valence electrons. The maximum atomic E-state index is 15.9. The summed E-state index contributed by atoms with van der Waals surface area (Å²) in [4.78, 5) is 41.1. The van der Waals surface area contributed by atoms with Crippen molar-refractivity contribution in [3.8, 4) is 0 Å². The first kappa shape index (κ1) is 28.3. The first-order valence-corrected chi connectivity index (χ1v) is 12.1. The lowest BCUT2D eigenvalue weighted by Crippen LogP contribution is -2.51. The van der Waals surface area contributed by atoms with Crippen LogP contribution < -0.4 is 0 Å². The van der Waals surface area contributed by atoms with Crippen LogP contribution in [0.5, 0.6) is 0 Å².